The highest BCUT2D eigenvalue weighted by molar-refractivity contribution is 9.10. The van der Waals surface area contributed by atoms with Crippen LogP contribution in [0.25, 0.3) is 0 Å². The van der Waals surface area contributed by atoms with Gasteiger partial charge in [0.25, 0.3) is 5.91 Å². The highest BCUT2D eigenvalue weighted by atomic mass is 79.9. The van der Waals surface area contributed by atoms with E-state index >= 15 is 0 Å². The van der Waals surface area contributed by atoms with Crippen molar-refractivity contribution in [3.63, 3.8) is 0 Å². The van der Waals surface area contributed by atoms with Crippen LogP contribution in [-0.4, -0.2) is 17.2 Å². The second kappa shape index (κ2) is 6.65. The number of aliphatic hydroxyl groups is 1. The van der Waals surface area contributed by atoms with Crippen molar-refractivity contribution in [2.24, 2.45) is 5.10 Å². The summed E-state index contributed by atoms with van der Waals surface area (Å²) in [5.41, 5.74) is 2.09. The largest absolute Gasteiger partial charge is 0.375 e. The van der Waals surface area contributed by atoms with Crippen LogP contribution < -0.4 is 5.43 Å². The number of halogens is 1. The zero-order valence-corrected chi connectivity index (χ0v) is 13.0. The van der Waals surface area contributed by atoms with Crippen LogP contribution in [0.15, 0.2) is 64.2 Å². The van der Waals surface area contributed by atoms with E-state index in [0.717, 1.165) is 10.0 Å². The smallest absolute Gasteiger partial charge is 0.276 e. The summed E-state index contributed by atoms with van der Waals surface area (Å²) < 4.78 is 0.968. The first-order chi connectivity index (χ1) is 10.00. The van der Waals surface area contributed by atoms with E-state index in [4.69, 9.17) is 0 Å². The summed E-state index contributed by atoms with van der Waals surface area (Å²) >= 11 is 3.34. The Morgan fingerprint density at radius 2 is 1.81 bits per heavy atom. The first kappa shape index (κ1) is 15.4. The second-order valence-electron chi connectivity index (χ2n) is 4.69. The third-order valence-corrected chi connectivity index (χ3v) is 3.56. The highest BCUT2D eigenvalue weighted by Crippen LogP contribution is 2.20. The summed E-state index contributed by atoms with van der Waals surface area (Å²) in [5, 5.41) is 14.2. The molecule has 0 aliphatic carbocycles. The molecular weight excluding hydrogens is 332 g/mol. The fraction of sp³-hybridized carbons (Fsp3) is 0.125. The van der Waals surface area contributed by atoms with Crippen molar-refractivity contribution in [3.05, 3.63) is 70.2 Å². The Kier molecular flexibility index (Phi) is 4.88. The molecule has 0 saturated carbocycles. The molecule has 4 nitrogen and oxygen atoms in total. The van der Waals surface area contributed by atoms with Crippen LogP contribution in [-0.2, 0) is 10.4 Å². The van der Waals surface area contributed by atoms with E-state index < -0.39 is 11.5 Å². The topological polar surface area (TPSA) is 61.7 Å². The van der Waals surface area contributed by atoms with Gasteiger partial charge in [0.15, 0.2) is 5.60 Å². The van der Waals surface area contributed by atoms with Crippen LogP contribution in [0.1, 0.15) is 18.1 Å². The predicted octanol–water partition coefficient (Wildman–Crippen LogP) is 2.81. The summed E-state index contributed by atoms with van der Waals surface area (Å²) in [4.78, 5) is 12.0. The predicted molar refractivity (Wildman–Crippen MR) is 85.9 cm³/mol. The normalized spacial score (nSPS) is 13.9. The Hall–Kier alpha value is -1.98. The first-order valence-electron chi connectivity index (χ1n) is 6.37. The van der Waals surface area contributed by atoms with Crippen molar-refractivity contribution in [1.29, 1.82) is 0 Å². The molecule has 1 atom stereocenters. The van der Waals surface area contributed by atoms with Gasteiger partial charge in [0.1, 0.15) is 0 Å². The van der Waals surface area contributed by atoms with Gasteiger partial charge in [-0.1, -0.05) is 58.4 Å². The summed E-state index contributed by atoms with van der Waals surface area (Å²) in [5.74, 6) is -0.581. The number of carbonyl (C=O) groups excluding carboxylic acids is 1. The van der Waals surface area contributed by atoms with Gasteiger partial charge >= 0.3 is 0 Å². The minimum atomic E-state index is -1.63. The number of hydrogen-bond donors (Lipinski definition) is 2. The Morgan fingerprint density at radius 1 is 1.19 bits per heavy atom. The number of carbonyl (C=O) groups is 1. The van der Waals surface area contributed by atoms with Gasteiger partial charge in [-0.25, -0.2) is 5.43 Å². The molecule has 2 N–H and O–H groups in total. The van der Waals surface area contributed by atoms with Gasteiger partial charge in [-0.3, -0.25) is 4.79 Å². The molecule has 108 valence electrons. The molecule has 0 radical (unpaired) electrons. The third-order valence-electron chi connectivity index (χ3n) is 3.03. The monoisotopic (exact) mass is 346 g/mol. The van der Waals surface area contributed by atoms with Gasteiger partial charge in [-0.2, -0.15) is 5.10 Å². The maximum atomic E-state index is 12.0. The summed E-state index contributed by atoms with van der Waals surface area (Å²) in [7, 11) is 0. The number of hydrazone groups is 1. The Morgan fingerprint density at radius 3 is 2.43 bits per heavy atom. The lowest BCUT2D eigenvalue weighted by Gasteiger charge is -2.21. The number of amides is 1. The van der Waals surface area contributed by atoms with E-state index in [1.54, 1.807) is 24.3 Å². The Labute approximate surface area is 131 Å². The van der Waals surface area contributed by atoms with Crippen LogP contribution in [0, 0.1) is 0 Å². The van der Waals surface area contributed by atoms with Gasteiger partial charge < -0.3 is 5.11 Å². The van der Waals surface area contributed by atoms with Crippen molar-refractivity contribution >= 4 is 28.1 Å². The Balaban J connectivity index is 2.03. The molecule has 2 aromatic rings. The number of nitrogens with zero attached hydrogens (tertiary/aromatic N) is 1. The van der Waals surface area contributed by atoms with Crippen LogP contribution in [0.5, 0.6) is 0 Å². The zero-order valence-electron chi connectivity index (χ0n) is 11.5. The van der Waals surface area contributed by atoms with Crippen LogP contribution in [0.4, 0.5) is 0 Å². The third kappa shape index (κ3) is 4.00. The summed E-state index contributed by atoms with van der Waals surface area (Å²) in [6, 6.07) is 16.2. The average molecular weight is 347 g/mol. The minimum Gasteiger partial charge on any atom is -0.375 e. The van der Waals surface area contributed by atoms with E-state index in [-0.39, 0.29) is 0 Å². The second-order valence-corrected chi connectivity index (χ2v) is 5.60. The molecule has 21 heavy (non-hydrogen) atoms. The van der Waals surface area contributed by atoms with Crippen LogP contribution >= 0.6 is 15.9 Å². The molecule has 1 unspecified atom stereocenters. The molecule has 0 aliphatic heterocycles. The molecule has 0 fully saturated rings. The molecule has 0 spiro atoms. The van der Waals surface area contributed by atoms with E-state index in [1.807, 2.05) is 30.3 Å². The number of nitrogens with one attached hydrogen (secondary N) is 1. The van der Waals surface area contributed by atoms with Crippen LogP contribution in [0.2, 0.25) is 0 Å². The standard InChI is InChI=1S/C16H15BrN2O2/c1-16(21,13-5-3-2-4-6-13)15(20)19-18-11-12-7-9-14(17)10-8-12/h2-11,21H,1H3,(H,19,20). The fourth-order valence-corrected chi connectivity index (χ4v) is 1.98. The van der Waals surface area contributed by atoms with E-state index in [2.05, 4.69) is 26.5 Å². The fourth-order valence-electron chi connectivity index (χ4n) is 1.72. The van der Waals surface area contributed by atoms with Crippen molar-refractivity contribution in [2.75, 3.05) is 0 Å². The van der Waals surface area contributed by atoms with Gasteiger partial charge in [-0.15, -0.1) is 0 Å². The number of hydrogen-bond acceptors (Lipinski definition) is 3. The molecule has 2 rings (SSSR count). The quantitative estimate of drug-likeness (QED) is 0.660. The lowest BCUT2D eigenvalue weighted by molar-refractivity contribution is -0.138. The molecule has 5 heteroatoms. The van der Waals surface area contributed by atoms with Gasteiger partial charge in [0.2, 0.25) is 0 Å². The van der Waals surface area contributed by atoms with Crippen molar-refractivity contribution in [3.8, 4) is 0 Å². The molecule has 0 aromatic heterocycles. The molecule has 0 saturated heterocycles. The number of benzene rings is 2. The van der Waals surface area contributed by atoms with E-state index in [1.165, 1.54) is 13.1 Å². The molecule has 1 amide bonds. The van der Waals surface area contributed by atoms with E-state index in [0.29, 0.717) is 5.56 Å². The van der Waals surface area contributed by atoms with Gasteiger partial charge in [0, 0.05) is 4.47 Å². The van der Waals surface area contributed by atoms with Crippen molar-refractivity contribution in [2.45, 2.75) is 12.5 Å². The van der Waals surface area contributed by atoms with Crippen molar-refractivity contribution < 1.29 is 9.90 Å². The maximum absolute atomic E-state index is 12.0. The molecule has 0 aliphatic rings. The number of rotatable bonds is 4. The van der Waals surface area contributed by atoms with E-state index in [9.17, 15) is 9.90 Å². The molecule has 0 bridgehead atoms. The van der Waals surface area contributed by atoms with Crippen LogP contribution in [0.3, 0.4) is 0 Å². The zero-order chi connectivity index (χ0) is 15.3. The average Bonchev–Trinajstić information content (AvgIpc) is 2.50. The summed E-state index contributed by atoms with van der Waals surface area (Å²) in [6.45, 7) is 1.44. The molecule has 0 heterocycles. The minimum absolute atomic E-state index is 0.515. The van der Waals surface area contributed by atoms with Gasteiger partial charge in [0.05, 0.1) is 6.21 Å². The molecular formula is C16H15BrN2O2. The van der Waals surface area contributed by atoms with Gasteiger partial charge in [-0.05, 0) is 30.2 Å². The van der Waals surface area contributed by atoms with Crippen molar-refractivity contribution in [1.82, 2.24) is 5.43 Å². The lowest BCUT2D eigenvalue weighted by Crippen LogP contribution is -2.40. The first-order valence-corrected chi connectivity index (χ1v) is 7.16. The lowest BCUT2D eigenvalue weighted by atomic mass is 9.95. The Bertz CT molecular complexity index is 637. The molecule has 2 aromatic carbocycles. The summed E-state index contributed by atoms with van der Waals surface area (Å²) in [6.07, 6.45) is 1.52. The highest BCUT2D eigenvalue weighted by Gasteiger charge is 2.31. The maximum Gasteiger partial charge on any atom is 0.276 e. The SMILES string of the molecule is CC(O)(C(=O)NN=Cc1ccc(Br)cc1)c1ccccc1.